The zero-order valence-electron chi connectivity index (χ0n) is 14.9. The smallest absolute Gasteiger partial charge is 0.407 e. The van der Waals surface area contributed by atoms with Crippen LogP contribution >= 0.6 is 0 Å². The van der Waals surface area contributed by atoms with Gasteiger partial charge in [-0.05, 0) is 36.4 Å². The first-order valence-corrected chi connectivity index (χ1v) is 9.55. The normalized spacial score (nSPS) is 11.3. The van der Waals surface area contributed by atoms with E-state index in [1.54, 1.807) is 0 Å². The lowest BCUT2D eigenvalue weighted by Crippen LogP contribution is -2.18. The minimum atomic E-state index is -4.66. The predicted molar refractivity (Wildman–Crippen MR) is 95.8 cm³/mol. The number of halogens is 3. The maximum absolute atomic E-state index is 14.2. The van der Waals surface area contributed by atoms with Crippen LogP contribution in [0.5, 0.6) is 0 Å². The summed E-state index contributed by atoms with van der Waals surface area (Å²) in [6, 6.07) is 5.87. The molecule has 1 N–H and O–H groups in total. The summed E-state index contributed by atoms with van der Waals surface area (Å²) >= 11 is 0. The summed E-state index contributed by atoms with van der Waals surface area (Å²) in [5.74, 6) is -3.11. The molecule has 0 aliphatic heterocycles. The Bertz CT molecular complexity index is 1180. The monoisotopic (exact) mass is 425 g/mol. The Morgan fingerprint density at radius 2 is 1.97 bits per heavy atom. The van der Waals surface area contributed by atoms with Gasteiger partial charge in [0.05, 0.1) is 11.3 Å². The molecule has 0 fully saturated rings. The number of carbonyl (C=O) groups is 1. The number of nitrogens with zero attached hydrogens (tertiary/aromatic N) is 2. The second kappa shape index (κ2) is 7.95. The lowest BCUT2D eigenvalue weighted by molar-refractivity contribution is 0.142. The van der Waals surface area contributed by atoms with Gasteiger partial charge in [0.25, 0.3) is 10.0 Å². The van der Waals surface area contributed by atoms with Gasteiger partial charge in [-0.1, -0.05) is 0 Å². The highest BCUT2D eigenvalue weighted by Crippen LogP contribution is 2.29. The number of pyridine rings is 1. The van der Waals surface area contributed by atoms with Crippen LogP contribution in [-0.4, -0.2) is 30.5 Å². The Morgan fingerprint density at radius 1 is 1.21 bits per heavy atom. The van der Waals surface area contributed by atoms with E-state index < -0.39 is 38.6 Å². The number of rotatable bonds is 5. The van der Waals surface area contributed by atoms with Crippen molar-refractivity contribution in [1.82, 2.24) is 14.3 Å². The van der Waals surface area contributed by atoms with Crippen LogP contribution in [0.3, 0.4) is 0 Å². The fourth-order valence-electron chi connectivity index (χ4n) is 2.55. The average molecular weight is 425 g/mol. The number of alkyl carbamates (subject to hydrolysis) is 1. The number of nitrogens with one attached hydrogen (secondary N) is 1. The largest absolute Gasteiger partial charge is 0.445 e. The van der Waals surface area contributed by atoms with Crippen molar-refractivity contribution in [3.63, 3.8) is 0 Å². The molecule has 0 aliphatic rings. The highest BCUT2D eigenvalue weighted by Gasteiger charge is 2.27. The van der Waals surface area contributed by atoms with Crippen molar-refractivity contribution in [3.8, 4) is 11.3 Å². The van der Waals surface area contributed by atoms with Crippen molar-refractivity contribution in [2.45, 2.75) is 11.5 Å². The van der Waals surface area contributed by atoms with E-state index in [9.17, 15) is 26.4 Å². The van der Waals surface area contributed by atoms with Gasteiger partial charge in [0.2, 0.25) is 5.95 Å². The molecule has 1 amide bonds. The third kappa shape index (κ3) is 4.09. The number of benzene rings is 1. The minimum Gasteiger partial charge on any atom is -0.445 e. The summed E-state index contributed by atoms with van der Waals surface area (Å²) in [5, 5.41) is 2.22. The molecular formula is C18H14F3N3O4S. The van der Waals surface area contributed by atoms with Crippen molar-refractivity contribution in [2.75, 3.05) is 7.05 Å². The van der Waals surface area contributed by atoms with Crippen LogP contribution < -0.4 is 5.32 Å². The second-order valence-corrected chi connectivity index (χ2v) is 7.56. The molecule has 0 aliphatic carbocycles. The lowest BCUT2D eigenvalue weighted by Gasteiger charge is -2.11. The van der Waals surface area contributed by atoms with Gasteiger partial charge >= 0.3 is 6.09 Å². The molecule has 11 heteroatoms. The fourth-order valence-corrected chi connectivity index (χ4v) is 4.02. The van der Waals surface area contributed by atoms with E-state index in [0.717, 1.165) is 12.3 Å². The van der Waals surface area contributed by atoms with E-state index >= 15 is 0 Å². The Balaban J connectivity index is 2.18. The van der Waals surface area contributed by atoms with Crippen molar-refractivity contribution < 1.29 is 31.1 Å². The number of ether oxygens (including phenoxy) is 1. The van der Waals surface area contributed by atoms with Gasteiger partial charge < -0.3 is 10.1 Å². The average Bonchev–Trinajstić information content (AvgIpc) is 3.13. The van der Waals surface area contributed by atoms with Gasteiger partial charge in [-0.2, -0.15) is 4.39 Å². The number of hydrogen-bond donors (Lipinski definition) is 1. The van der Waals surface area contributed by atoms with Crippen molar-refractivity contribution in [3.05, 3.63) is 71.9 Å². The molecule has 0 spiro atoms. The highest BCUT2D eigenvalue weighted by molar-refractivity contribution is 7.90. The van der Waals surface area contributed by atoms with Gasteiger partial charge in [-0.25, -0.2) is 30.9 Å². The fraction of sp³-hybridized carbons (Fsp3) is 0.111. The summed E-state index contributed by atoms with van der Waals surface area (Å²) in [6.07, 6.45) is 1.43. The van der Waals surface area contributed by atoms with Crippen LogP contribution in [0.15, 0.2) is 53.7 Å². The molecule has 0 saturated carbocycles. The summed E-state index contributed by atoms with van der Waals surface area (Å²) in [4.78, 5) is 13.8. The Hall–Kier alpha value is -3.34. The number of amides is 1. The Labute approximate surface area is 163 Å². The summed E-state index contributed by atoms with van der Waals surface area (Å²) in [5.41, 5.74) is -0.221. The van der Waals surface area contributed by atoms with Crippen LogP contribution in [0.4, 0.5) is 18.0 Å². The van der Waals surface area contributed by atoms with Gasteiger partial charge in [0, 0.05) is 25.0 Å². The maximum atomic E-state index is 14.2. The standard InChI is InChI=1S/C18H14F3N3O4S/c1-22-18(25)28-10-11-7-15(13-3-2-6-23-17(13)21)24(9-11)29(26,27)16-8-12(19)4-5-14(16)20/h2-9H,10H2,1H3,(H,22,25). The molecule has 0 radical (unpaired) electrons. The molecule has 29 heavy (non-hydrogen) atoms. The SMILES string of the molecule is CNC(=O)OCc1cc(-c2cccnc2F)n(S(=O)(=O)c2cc(F)ccc2F)c1. The molecule has 0 bridgehead atoms. The molecule has 0 atom stereocenters. The van der Waals surface area contributed by atoms with Gasteiger partial charge in [0.1, 0.15) is 23.1 Å². The first-order valence-electron chi connectivity index (χ1n) is 8.11. The second-order valence-electron chi connectivity index (χ2n) is 5.78. The lowest BCUT2D eigenvalue weighted by atomic mass is 10.2. The van der Waals surface area contributed by atoms with E-state index in [4.69, 9.17) is 4.74 Å². The molecule has 1 aromatic carbocycles. The summed E-state index contributed by atoms with van der Waals surface area (Å²) in [7, 11) is -3.33. The molecule has 3 rings (SSSR count). The van der Waals surface area contributed by atoms with Crippen LogP contribution in [0.1, 0.15) is 5.56 Å². The topological polar surface area (TPSA) is 90.3 Å². The van der Waals surface area contributed by atoms with Gasteiger partial charge in [-0.3, -0.25) is 0 Å². The summed E-state index contributed by atoms with van der Waals surface area (Å²) < 4.78 is 73.4. The molecular weight excluding hydrogens is 411 g/mol. The minimum absolute atomic E-state index is 0.173. The first kappa shape index (κ1) is 20.4. The van der Waals surface area contributed by atoms with E-state index in [1.165, 1.54) is 31.4 Å². The molecule has 3 aromatic rings. The van der Waals surface area contributed by atoms with Crippen LogP contribution in [-0.2, 0) is 21.4 Å². The molecule has 0 saturated heterocycles. The molecule has 2 aromatic heterocycles. The molecule has 0 unspecified atom stereocenters. The third-order valence-electron chi connectivity index (χ3n) is 3.88. The summed E-state index contributed by atoms with van der Waals surface area (Å²) in [6.45, 7) is -0.345. The molecule has 7 nitrogen and oxygen atoms in total. The third-order valence-corrected chi connectivity index (χ3v) is 5.57. The molecule has 2 heterocycles. The number of carbonyl (C=O) groups excluding carboxylic acids is 1. The first-order chi connectivity index (χ1) is 13.7. The van der Waals surface area contributed by atoms with Crippen LogP contribution in [0.2, 0.25) is 0 Å². The van der Waals surface area contributed by atoms with Gasteiger partial charge in [-0.15, -0.1) is 0 Å². The zero-order valence-corrected chi connectivity index (χ0v) is 15.7. The van der Waals surface area contributed by atoms with E-state index in [-0.39, 0.29) is 23.4 Å². The van der Waals surface area contributed by atoms with Crippen molar-refractivity contribution >= 4 is 16.1 Å². The number of hydrogen-bond acceptors (Lipinski definition) is 5. The van der Waals surface area contributed by atoms with E-state index in [2.05, 4.69) is 10.3 Å². The zero-order chi connectivity index (χ0) is 21.2. The predicted octanol–water partition coefficient (Wildman–Crippen LogP) is 3.06. The van der Waals surface area contributed by atoms with Crippen LogP contribution in [0.25, 0.3) is 11.3 Å². The van der Waals surface area contributed by atoms with E-state index in [0.29, 0.717) is 16.1 Å². The Kier molecular flexibility index (Phi) is 5.59. The maximum Gasteiger partial charge on any atom is 0.407 e. The van der Waals surface area contributed by atoms with Crippen molar-refractivity contribution in [1.29, 1.82) is 0 Å². The highest BCUT2D eigenvalue weighted by atomic mass is 32.2. The van der Waals surface area contributed by atoms with E-state index in [1.807, 2.05) is 0 Å². The quantitative estimate of drug-likeness (QED) is 0.635. The van der Waals surface area contributed by atoms with Crippen LogP contribution in [0, 0.1) is 17.6 Å². The molecule has 152 valence electrons. The van der Waals surface area contributed by atoms with Crippen molar-refractivity contribution in [2.24, 2.45) is 0 Å². The Morgan fingerprint density at radius 3 is 2.66 bits per heavy atom. The van der Waals surface area contributed by atoms with Gasteiger partial charge in [0.15, 0.2) is 0 Å². The number of aromatic nitrogens is 2.